The van der Waals surface area contributed by atoms with Crippen LogP contribution in [0.15, 0.2) is 29.5 Å². The van der Waals surface area contributed by atoms with Crippen molar-refractivity contribution in [2.24, 2.45) is 16.3 Å². The Labute approximate surface area is 145 Å². The molecule has 1 spiro atoms. The van der Waals surface area contributed by atoms with Crippen LogP contribution in [0.25, 0.3) is 0 Å². The molecular weight excluding hydrogens is 300 g/mol. The number of rotatable bonds is 4. The number of hydrogen-bond acceptors (Lipinski definition) is 3. The number of pyridine rings is 1. The number of nitrogens with zero attached hydrogens (tertiary/aromatic N) is 3. The van der Waals surface area contributed by atoms with Gasteiger partial charge in [-0.15, -0.1) is 0 Å². The van der Waals surface area contributed by atoms with Crippen LogP contribution in [0.1, 0.15) is 38.2 Å². The molecular formula is C19H30N4O. The zero-order chi connectivity index (χ0) is 17.0. The van der Waals surface area contributed by atoms with Gasteiger partial charge in [-0.25, -0.2) is 0 Å². The normalized spacial score (nSPS) is 25.7. The molecule has 2 aliphatic rings. The molecule has 5 heteroatoms. The van der Waals surface area contributed by atoms with Crippen LogP contribution in [0.3, 0.4) is 0 Å². The van der Waals surface area contributed by atoms with Crippen molar-refractivity contribution in [2.45, 2.75) is 32.6 Å². The molecule has 1 N–H and O–H groups in total. The molecule has 0 radical (unpaired) electrons. The molecule has 2 atom stereocenters. The van der Waals surface area contributed by atoms with Gasteiger partial charge in [0.05, 0.1) is 6.61 Å². The SMILES string of the molecule is CN=C(NCC(c1cccnc1)C(C)C)N1CCC2(CCOC2)C1. The maximum Gasteiger partial charge on any atom is 0.193 e. The summed E-state index contributed by atoms with van der Waals surface area (Å²) in [4.78, 5) is 11.2. The van der Waals surface area contributed by atoms with Crippen molar-refractivity contribution >= 4 is 5.96 Å². The molecule has 0 saturated carbocycles. The van der Waals surface area contributed by atoms with Gasteiger partial charge >= 0.3 is 0 Å². The summed E-state index contributed by atoms with van der Waals surface area (Å²) in [5, 5.41) is 3.60. The van der Waals surface area contributed by atoms with E-state index in [2.05, 4.69) is 40.1 Å². The van der Waals surface area contributed by atoms with E-state index in [1.807, 2.05) is 25.5 Å². The molecule has 0 bridgehead atoms. The zero-order valence-corrected chi connectivity index (χ0v) is 15.2. The molecule has 24 heavy (non-hydrogen) atoms. The van der Waals surface area contributed by atoms with Gasteiger partial charge in [-0.2, -0.15) is 0 Å². The number of guanidine groups is 1. The Morgan fingerprint density at radius 1 is 1.46 bits per heavy atom. The lowest BCUT2D eigenvalue weighted by molar-refractivity contribution is 0.156. The number of hydrogen-bond donors (Lipinski definition) is 1. The van der Waals surface area contributed by atoms with Gasteiger partial charge < -0.3 is 15.0 Å². The number of ether oxygens (including phenoxy) is 1. The molecule has 2 aliphatic heterocycles. The van der Waals surface area contributed by atoms with Crippen LogP contribution in [0.5, 0.6) is 0 Å². The summed E-state index contributed by atoms with van der Waals surface area (Å²) in [6.07, 6.45) is 6.21. The van der Waals surface area contributed by atoms with E-state index in [0.29, 0.717) is 17.3 Å². The molecule has 3 rings (SSSR count). The smallest absolute Gasteiger partial charge is 0.193 e. The summed E-state index contributed by atoms with van der Waals surface area (Å²) in [6.45, 7) is 9.37. The molecule has 0 aromatic carbocycles. The second kappa shape index (κ2) is 7.51. The first-order valence-corrected chi connectivity index (χ1v) is 9.07. The average molecular weight is 330 g/mol. The molecule has 1 aromatic heterocycles. The topological polar surface area (TPSA) is 49.8 Å². The highest BCUT2D eigenvalue weighted by Crippen LogP contribution is 2.38. The van der Waals surface area contributed by atoms with Gasteiger partial charge in [0, 0.05) is 57.0 Å². The fraction of sp³-hybridized carbons (Fsp3) is 0.684. The summed E-state index contributed by atoms with van der Waals surface area (Å²) >= 11 is 0. The van der Waals surface area contributed by atoms with Crippen molar-refractivity contribution in [1.82, 2.24) is 15.2 Å². The monoisotopic (exact) mass is 330 g/mol. The van der Waals surface area contributed by atoms with E-state index in [-0.39, 0.29) is 0 Å². The van der Waals surface area contributed by atoms with Gasteiger partial charge in [0.25, 0.3) is 0 Å². The Bertz CT molecular complexity index is 552. The van der Waals surface area contributed by atoms with Crippen molar-refractivity contribution in [2.75, 3.05) is 39.9 Å². The molecule has 2 saturated heterocycles. The second-order valence-corrected chi connectivity index (χ2v) is 7.54. The standard InChI is InChI=1S/C19H30N4O/c1-15(2)17(16-5-4-8-21-11-16)12-22-18(20-3)23-9-6-19(13-23)7-10-24-14-19/h4-5,8,11,15,17H,6-7,9-10,12-14H2,1-3H3,(H,20,22). The summed E-state index contributed by atoms with van der Waals surface area (Å²) in [5.41, 5.74) is 1.65. The fourth-order valence-electron chi connectivity index (χ4n) is 3.95. The molecule has 0 amide bonds. The minimum absolute atomic E-state index is 0.360. The summed E-state index contributed by atoms with van der Waals surface area (Å²) < 4.78 is 5.64. The molecule has 2 fully saturated rings. The number of nitrogens with one attached hydrogen (secondary N) is 1. The van der Waals surface area contributed by atoms with Gasteiger partial charge in [0.2, 0.25) is 0 Å². The highest BCUT2D eigenvalue weighted by molar-refractivity contribution is 5.80. The van der Waals surface area contributed by atoms with Crippen molar-refractivity contribution in [3.8, 4) is 0 Å². The first-order chi connectivity index (χ1) is 11.6. The van der Waals surface area contributed by atoms with E-state index in [1.54, 1.807) is 0 Å². The summed E-state index contributed by atoms with van der Waals surface area (Å²) in [7, 11) is 1.88. The zero-order valence-electron chi connectivity index (χ0n) is 15.2. The van der Waals surface area contributed by atoms with Crippen molar-refractivity contribution < 1.29 is 4.74 Å². The number of aromatic nitrogens is 1. The minimum atomic E-state index is 0.360. The molecule has 1 aromatic rings. The largest absolute Gasteiger partial charge is 0.381 e. The third kappa shape index (κ3) is 3.72. The second-order valence-electron chi connectivity index (χ2n) is 7.54. The lowest BCUT2D eigenvalue weighted by Gasteiger charge is -2.27. The molecule has 2 unspecified atom stereocenters. The van der Waals surface area contributed by atoms with Crippen LogP contribution in [0.2, 0.25) is 0 Å². The lowest BCUT2D eigenvalue weighted by Crippen LogP contribution is -2.43. The van der Waals surface area contributed by atoms with E-state index in [4.69, 9.17) is 4.74 Å². The van der Waals surface area contributed by atoms with Crippen molar-refractivity contribution in [3.63, 3.8) is 0 Å². The van der Waals surface area contributed by atoms with Crippen LogP contribution in [-0.2, 0) is 4.74 Å². The van der Waals surface area contributed by atoms with Gasteiger partial charge in [0.1, 0.15) is 0 Å². The third-order valence-electron chi connectivity index (χ3n) is 5.53. The maximum atomic E-state index is 5.64. The minimum Gasteiger partial charge on any atom is -0.381 e. The van der Waals surface area contributed by atoms with Gasteiger partial charge in [-0.1, -0.05) is 19.9 Å². The van der Waals surface area contributed by atoms with E-state index in [1.165, 1.54) is 18.4 Å². The van der Waals surface area contributed by atoms with Crippen LogP contribution in [0, 0.1) is 11.3 Å². The van der Waals surface area contributed by atoms with E-state index in [9.17, 15) is 0 Å². The predicted octanol–water partition coefficient (Wildman–Crippen LogP) is 2.51. The van der Waals surface area contributed by atoms with Crippen molar-refractivity contribution in [1.29, 1.82) is 0 Å². The molecule has 132 valence electrons. The average Bonchev–Trinajstić information content (AvgIpc) is 3.22. The summed E-state index contributed by atoms with van der Waals surface area (Å²) in [5.74, 6) is 2.00. The number of aliphatic imine (C=N–C) groups is 1. The highest BCUT2D eigenvalue weighted by atomic mass is 16.5. The van der Waals surface area contributed by atoms with Crippen LogP contribution >= 0.6 is 0 Å². The highest BCUT2D eigenvalue weighted by Gasteiger charge is 2.42. The quantitative estimate of drug-likeness (QED) is 0.681. The predicted molar refractivity (Wildman–Crippen MR) is 97.2 cm³/mol. The van der Waals surface area contributed by atoms with Crippen LogP contribution < -0.4 is 5.32 Å². The van der Waals surface area contributed by atoms with E-state index >= 15 is 0 Å². The fourth-order valence-corrected chi connectivity index (χ4v) is 3.95. The van der Waals surface area contributed by atoms with Crippen LogP contribution in [0.4, 0.5) is 0 Å². The van der Waals surface area contributed by atoms with E-state index < -0.39 is 0 Å². The first kappa shape index (κ1) is 17.2. The third-order valence-corrected chi connectivity index (χ3v) is 5.53. The maximum absolute atomic E-state index is 5.64. The summed E-state index contributed by atoms with van der Waals surface area (Å²) in [6, 6.07) is 4.19. The molecule has 3 heterocycles. The Morgan fingerprint density at radius 2 is 2.33 bits per heavy atom. The number of likely N-dealkylation sites (tertiary alicyclic amines) is 1. The lowest BCUT2D eigenvalue weighted by atomic mass is 9.87. The van der Waals surface area contributed by atoms with Gasteiger partial charge in [0.15, 0.2) is 5.96 Å². The van der Waals surface area contributed by atoms with Crippen molar-refractivity contribution in [3.05, 3.63) is 30.1 Å². The van der Waals surface area contributed by atoms with E-state index in [0.717, 1.165) is 38.8 Å². The Kier molecular flexibility index (Phi) is 5.39. The Balaban J connectivity index is 1.61. The molecule has 5 nitrogen and oxygen atoms in total. The Morgan fingerprint density at radius 3 is 2.96 bits per heavy atom. The van der Waals surface area contributed by atoms with Gasteiger partial charge in [-0.05, 0) is 30.4 Å². The molecule has 0 aliphatic carbocycles. The van der Waals surface area contributed by atoms with Crippen LogP contribution in [-0.4, -0.2) is 55.7 Å². The first-order valence-electron chi connectivity index (χ1n) is 9.07. The Hall–Kier alpha value is -1.62. The van der Waals surface area contributed by atoms with Gasteiger partial charge in [-0.3, -0.25) is 9.98 Å².